The minimum atomic E-state index is -2.79. The second-order valence-corrected chi connectivity index (χ2v) is 10.9. The molecule has 39 heavy (non-hydrogen) atoms. The molecule has 4 rings (SSSR count). The predicted molar refractivity (Wildman–Crippen MR) is 135 cm³/mol. The van der Waals surface area contributed by atoms with Gasteiger partial charge in [0, 0.05) is 25.1 Å². The molecule has 1 amide bonds. The fourth-order valence-electron chi connectivity index (χ4n) is 6.43. The summed E-state index contributed by atoms with van der Waals surface area (Å²) in [5.74, 6) is -11.7. The molecule has 0 aliphatic heterocycles. The molecule has 2 saturated carbocycles. The van der Waals surface area contributed by atoms with Crippen molar-refractivity contribution in [3.63, 3.8) is 0 Å². The monoisotopic (exact) mass is 543 g/mol. The molecule has 210 valence electrons. The number of benzene rings is 1. The molecular weight excluding hydrogens is 510 g/mol. The van der Waals surface area contributed by atoms with Gasteiger partial charge >= 0.3 is 0 Å². The lowest BCUT2D eigenvalue weighted by Gasteiger charge is -2.52. The van der Waals surface area contributed by atoms with Crippen molar-refractivity contribution in [3.05, 3.63) is 28.8 Å². The second-order valence-electron chi connectivity index (χ2n) is 10.9. The van der Waals surface area contributed by atoms with Gasteiger partial charge in [-0.25, -0.2) is 0 Å². The van der Waals surface area contributed by atoms with Crippen LogP contribution in [-0.4, -0.2) is 102 Å². The maximum atomic E-state index is 13.8. The largest absolute Gasteiger partial charge is 0.507 e. The number of ether oxygens (including phenoxy) is 1. The Morgan fingerprint density at radius 3 is 2.46 bits per heavy atom. The number of rotatable bonds is 8. The van der Waals surface area contributed by atoms with Crippen molar-refractivity contribution < 1.29 is 43.7 Å². The second kappa shape index (κ2) is 10.3. The van der Waals surface area contributed by atoms with Crippen LogP contribution in [-0.2, 0) is 30.3 Å². The van der Waals surface area contributed by atoms with E-state index < -0.39 is 70.1 Å². The van der Waals surface area contributed by atoms with Crippen molar-refractivity contribution in [3.8, 4) is 5.75 Å². The maximum Gasteiger partial charge on any atom is 0.235 e. The van der Waals surface area contributed by atoms with Crippen molar-refractivity contribution in [2.75, 3.05) is 34.3 Å². The zero-order valence-corrected chi connectivity index (χ0v) is 22.2. The lowest BCUT2D eigenvalue weighted by atomic mass is 9.52. The smallest absolute Gasteiger partial charge is 0.235 e. The van der Waals surface area contributed by atoms with Crippen molar-refractivity contribution in [1.82, 2.24) is 10.2 Å². The number of aliphatic hydroxyl groups is 1. The molecule has 0 spiro atoms. The average molecular weight is 544 g/mol. The van der Waals surface area contributed by atoms with Crippen LogP contribution in [0.25, 0.3) is 0 Å². The first-order valence-corrected chi connectivity index (χ1v) is 12.7. The van der Waals surface area contributed by atoms with Gasteiger partial charge in [-0.2, -0.15) is 0 Å². The highest BCUT2D eigenvalue weighted by atomic mass is 16.5. The SMILES string of the molecule is COC(C)CNCC(=O)c1ccc(O)c2c1C[C@H]1C[C@H]3[C@H](N(C)C)C(=O)C(C(N)=O)C(=O)[C@@]3(O)C(=O)C1C2=O. The summed E-state index contributed by atoms with van der Waals surface area (Å²) in [6.45, 7) is 2.17. The quantitative estimate of drug-likeness (QED) is 0.224. The molecule has 1 aromatic rings. The number of primary amides is 1. The van der Waals surface area contributed by atoms with E-state index in [-0.39, 0.29) is 48.0 Å². The first kappa shape index (κ1) is 28.7. The van der Waals surface area contributed by atoms with Gasteiger partial charge in [-0.15, -0.1) is 0 Å². The molecule has 0 heterocycles. The number of methoxy groups -OCH3 is 1. The lowest BCUT2D eigenvalue weighted by molar-refractivity contribution is -0.181. The fraction of sp³-hybridized carbons (Fsp3) is 0.556. The summed E-state index contributed by atoms with van der Waals surface area (Å²) in [7, 11) is 4.57. The van der Waals surface area contributed by atoms with Crippen LogP contribution in [0.2, 0.25) is 0 Å². The number of phenols is 1. The van der Waals surface area contributed by atoms with Crippen LogP contribution in [0.15, 0.2) is 12.1 Å². The van der Waals surface area contributed by atoms with Gasteiger partial charge < -0.3 is 26.0 Å². The van der Waals surface area contributed by atoms with E-state index in [1.807, 2.05) is 6.92 Å². The van der Waals surface area contributed by atoms with E-state index in [4.69, 9.17) is 10.5 Å². The predicted octanol–water partition coefficient (Wildman–Crippen LogP) is -1.33. The molecule has 0 bridgehead atoms. The minimum absolute atomic E-state index is 0.0236. The number of likely N-dealkylation sites (N-methyl/N-ethyl adjacent to an activating group) is 1. The number of hydrogen-bond acceptors (Lipinski definition) is 11. The molecule has 3 unspecified atom stereocenters. The molecule has 0 aromatic heterocycles. The molecule has 5 N–H and O–H groups in total. The van der Waals surface area contributed by atoms with Gasteiger partial charge in [0.2, 0.25) is 5.91 Å². The van der Waals surface area contributed by atoms with Crippen LogP contribution in [0.5, 0.6) is 5.75 Å². The molecular formula is C27H33N3O9. The Hall–Kier alpha value is -3.32. The Labute approximate surface area is 224 Å². The number of hydrogen-bond donors (Lipinski definition) is 4. The molecule has 2 fully saturated rings. The van der Waals surface area contributed by atoms with Gasteiger partial charge in [0.05, 0.1) is 30.2 Å². The van der Waals surface area contributed by atoms with E-state index in [0.717, 1.165) is 0 Å². The third-order valence-corrected chi connectivity index (χ3v) is 8.36. The number of ketones is 5. The number of nitrogens with zero attached hydrogens (tertiary/aromatic N) is 1. The van der Waals surface area contributed by atoms with E-state index in [1.54, 1.807) is 7.11 Å². The van der Waals surface area contributed by atoms with Gasteiger partial charge in [-0.05, 0) is 57.5 Å². The van der Waals surface area contributed by atoms with E-state index >= 15 is 0 Å². The van der Waals surface area contributed by atoms with Crippen molar-refractivity contribution in [2.24, 2.45) is 29.4 Å². The molecule has 12 nitrogen and oxygen atoms in total. The highest BCUT2D eigenvalue weighted by molar-refractivity contribution is 6.32. The Kier molecular flexibility index (Phi) is 7.60. The Balaban J connectivity index is 1.76. The topological polar surface area (TPSA) is 193 Å². The zero-order valence-electron chi connectivity index (χ0n) is 22.2. The van der Waals surface area contributed by atoms with E-state index in [2.05, 4.69) is 5.32 Å². The van der Waals surface area contributed by atoms with Gasteiger partial charge in [-0.3, -0.25) is 33.7 Å². The number of phenolic OH excluding ortho intramolecular Hbond substituents is 1. The molecule has 1 aromatic carbocycles. The summed E-state index contributed by atoms with van der Waals surface area (Å²) in [6.07, 6.45) is -0.201. The Bertz CT molecular complexity index is 1280. The highest BCUT2D eigenvalue weighted by Gasteiger charge is 2.69. The molecule has 3 aliphatic rings. The average Bonchev–Trinajstić information content (AvgIpc) is 2.85. The Morgan fingerprint density at radius 2 is 1.87 bits per heavy atom. The van der Waals surface area contributed by atoms with E-state index in [9.17, 15) is 39.0 Å². The van der Waals surface area contributed by atoms with Crippen molar-refractivity contribution in [2.45, 2.75) is 37.5 Å². The number of aromatic hydroxyl groups is 1. The Morgan fingerprint density at radius 1 is 1.21 bits per heavy atom. The van der Waals surface area contributed by atoms with Crippen LogP contribution in [0.4, 0.5) is 0 Å². The van der Waals surface area contributed by atoms with Crippen LogP contribution in [0.1, 0.15) is 39.6 Å². The molecule has 0 radical (unpaired) electrons. The van der Waals surface area contributed by atoms with Crippen LogP contribution < -0.4 is 11.1 Å². The number of Topliss-reactive ketones (excluding diaryl/α,β-unsaturated/α-hetero) is 5. The fourth-order valence-corrected chi connectivity index (χ4v) is 6.43. The van der Waals surface area contributed by atoms with Crippen molar-refractivity contribution >= 4 is 34.8 Å². The number of carbonyl (C=O) groups is 6. The molecule has 3 aliphatic carbocycles. The molecule has 7 atom stereocenters. The van der Waals surface area contributed by atoms with Crippen LogP contribution >= 0.6 is 0 Å². The van der Waals surface area contributed by atoms with Gasteiger partial charge in [0.15, 0.2) is 40.4 Å². The maximum absolute atomic E-state index is 13.8. The first-order chi connectivity index (χ1) is 18.3. The van der Waals surface area contributed by atoms with Gasteiger partial charge in [-0.1, -0.05) is 0 Å². The number of fused-ring (bicyclic) bond motifs is 3. The standard InChI is InChI=1S/C27H33N3O9/c1-11(39-4)9-29-10-17(32)13-5-6-16(31)19-14(13)7-12-8-15-21(30(2)3)23(34)20(26(28)37)25(36)27(15,38)24(35)18(12)22(19)33/h5-6,11-12,15,18,20-21,29,31,38H,7-10H2,1-4H3,(H2,28,37)/t11?,12-,15-,18?,20?,21-,27-/m0/s1. The third-order valence-electron chi connectivity index (χ3n) is 8.36. The summed E-state index contributed by atoms with van der Waals surface area (Å²) in [5.41, 5.74) is 2.79. The summed E-state index contributed by atoms with van der Waals surface area (Å²) in [4.78, 5) is 80.5. The number of nitrogens with one attached hydrogen (secondary N) is 1. The number of amides is 1. The summed E-state index contributed by atoms with van der Waals surface area (Å²) >= 11 is 0. The zero-order chi connectivity index (χ0) is 29.0. The first-order valence-electron chi connectivity index (χ1n) is 12.7. The van der Waals surface area contributed by atoms with Gasteiger partial charge in [0.25, 0.3) is 0 Å². The van der Waals surface area contributed by atoms with Crippen molar-refractivity contribution in [1.29, 1.82) is 0 Å². The van der Waals surface area contributed by atoms with E-state index in [0.29, 0.717) is 6.54 Å². The number of nitrogens with two attached hydrogens (primary N) is 1. The molecule has 0 saturated heterocycles. The van der Waals surface area contributed by atoms with Crippen LogP contribution in [0.3, 0.4) is 0 Å². The summed E-state index contributed by atoms with van der Waals surface area (Å²) in [6, 6.07) is 1.42. The lowest BCUT2D eigenvalue weighted by Crippen LogP contribution is -2.74. The third kappa shape index (κ3) is 4.41. The van der Waals surface area contributed by atoms with E-state index in [1.165, 1.54) is 31.1 Å². The molecule has 12 heteroatoms. The number of carbonyl (C=O) groups excluding carboxylic acids is 6. The highest BCUT2D eigenvalue weighted by Crippen LogP contribution is 2.51. The normalized spacial score (nSPS) is 31.0. The minimum Gasteiger partial charge on any atom is -0.507 e. The van der Waals surface area contributed by atoms with Gasteiger partial charge in [0.1, 0.15) is 5.75 Å². The summed E-state index contributed by atoms with van der Waals surface area (Å²) in [5, 5.41) is 25.2. The summed E-state index contributed by atoms with van der Waals surface area (Å²) < 4.78 is 5.16. The van der Waals surface area contributed by atoms with Crippen LogP contribution in [0, 0.1) is 23.7 Å².